The third kappa shape index (κ3) is 3.13. The molecule has 3 aromatic rings. The first-order valence-corrected chi connectivity index (χ1v) is 11.2. The Balaban J connectivity index is 1.70. The monoisotopic (exact) mass is 452 g/mol. The van der Waals surface area contributed by atoms with E-state index in [-0.39, 0.29) is 30.1 Å². The molecule has 2 atom stereocenters. The number of aromatic nitrogens is 3. The standard InChI is InChI=1S/C24H27FN5O3/c1-14(2)18-11-19(16-5-7-17(25)8-6-16)26-29-12-20-23(33)28-10-9-27(22(32)15(3)31)13-24(28,4)30(20)21(18)29/h5-8,11-12,14-15,31H,9-10,13H2,1-4H3/q+1. The number of rotatable bonds is 3. The maximum Gasteiger partial charge on any atom is 0.313 e. The minimum atomic E-state index is -1.10. The van der Waals surface area contributed by atoms with Gasteiger partial charge >= 0.3 is 11.6 Å². The number of nitrogens with zero attached hydrogens (tertiary/aromatic N) is 5. The molecule has 2 amide bonds. The summed E-state index contributed by atoms with van der Waals surface area (Å²) in [6, 6.07) is 8.16. The lowest BCUT2D eigenvalue weighted by Gasteiger charge is -2.42. The summed E-state index contributed by atoms with van der Waals surface area (Å²) >= 11 is 0. The van der Waals surface area contributed by atoms with Gasteiger partial charge in [0.2, 0.25) is 11.4 Å². The molecule has 0 spiro atoms. The second-order valence-corrected chi connectivity index (χ2v) is 9.37. The Morgan fingerprint density at radius 3 is 2.55 bits per heavy atom. The van der Waals surface area contributed by atoms with Crippen molar-refractivity contribution in [2.75, 3.05) is 19.6 Å². The lowest BCUT2D eigenvalue weighted by Crippen LogP contribution is -2.69. The van der Waals surface area contributed by atoms with E-state index in [1.165, 1.54) is 19.1 Å². The average molecular weight is 453 g/mol. The molecule has 0 aliphatic carbocycles. The summed E-state index contributed by atoms with van der Waals surface area (Å²) in [5.41, 5.74) is 2.96. The van der Waals surface area contributed by atoms with E-state index in [9.17, 15) is 19.1 Å². The van der Waals surface area contributed by atoms with E-state index in [4.69, 9.17) is 5.10 Å². The number of piperazine rings is 1. The van der Waals surface area contributed by atoms with Crippen molar-refractivity contribution in [1.82, 2.24) is 19.4 Å². The van der Waals surface area contributed by atoms with Gasteiger partial charge in [0.05, 0.1) is 6.54 Å². The van der Waals surface area contributed by atoms with E-state index in [0.29, 0.717) is 24.5 Å². The highest BCUT2D eigenvalue weighted by Gasteiger charge is 2.57. The molecular weight excluding hydrogens is 425 g/mol. The Kier molecular flexibility index (Phi) is 4.79. The Morgan fingerprint density at radius 2 is 1.91 bits per heavy atom. The maximum absolute atomic E-state index is 13.4. The van der Waals surface area contributed by atoms with Crippen molar-refractivity contribution in [3.05, 3.63) is 53.6 Å². The molecule has 1 N–H and O–H groups in total. The van der Waals surface area contributed by atoms with E-state index >= 15 is 0 Å². The predicted molar refractivity (Wildman–Crippen MR) is 118 cm³/mol. The van der Waals surface area contributed by atoms with Gasteiger partial charge in [-0.05, 0) is 43.2 Å². The zero-order valence-electron chi connectivity index (χ0n) is 19.1. The lowest BCUT2D eigenvalue weighted by atomic mass is 10.0. The van der Waals surface area contributed by atoms with E-state index < -0.39 is 11.8 Å². The van der Waals surface area contributed by atoms with Gasteiger partial charge < -0.3 is 10.0 Å². The number of amides is 2. The Morgan fingerprint density at radius 1 is 1.21 bits per heavy atom. The largest absolute Gasteiger partial charge is 0.384 e. The highest BCUT2D eigenvalue weighted by Crippen LogP contribution is 2.34. The first-order chi connectivity index (χ1) is 15.6. The summed E-state index contributed by atoms with van der Waals surface area (Å²) in [5.74, 6) is -0.647. The molecule has 0 radical (unpaired) electrons. The summed E-state index contributed by atoms with van der Waals surface area (Å²) in [5, 5.41) is 14.6. The van der Waals surface area contributed by atoms with Gasteiger partial charge in [-0.2, -0.15) is 4.57 Å². The zero-order valence-corrected chi connectivity index (χ0v) is 19.1. The van der Waals surface area contributed by atoms with Crippen LogP contribution in [0.15, 0.2) is 36.5 Å². The van der Waals surface area contributed by atoms with E-state index in [1.54, 1.807) is 32.6 Å². The van der Waals surface area contributed by atoms with Crippen LogP contribution in [0, 0.1) is 5.82 Å². The number of carbonyl (C=O) groups is 2. The second-order valence-electron chi connectivity index (χ2n) is 9.37. The summed E-state index contributed by atoms with van der Waals surface area (Å²) in [6.45, 7) is 8.60. The molecule has 2 aromatic heterocycles. The molecule has 0 bridgehead atoms. The molecule has 1 saturated heterocycles. The average Bonchev–Trinajstić information content (AvgIpc) is 3.26. The van der Waals surface area contributed by atoms with Crippen LogP contribution in [-0.2, 0) is 10.5 Å². The molecule has 9 heteroatoms. The maximum atomic E-state index is 13.4. The van der Waals surface area contributed by atoms with Crippen molar-refractivity contribution in [3.63, 3.8) is 0 Å². The smallest absolute Gasteiger partial charge is 0.313 e. The molecule has 2 aliphatic heterocycles. The number of aliphatic hydroxyl groups excluding tert-OH is 1. The van der Waals surface area contributed by atoms with Gasteiger partial charge in [-0.1, -0.05) is 23.5 Å². The van der Waals surface area contributed by atoms with Crippen LogP contribution in [0.4, 0.5) is 4.39 Å². The molecular formula is C24H27FN5O3+. The normalized spacial score (nSPS) is 21.0. The number of hydrogen-bond donors (Lipinski definition) is 1. The van der Waals surface area contributed by atoms with Crippen LogP contribution in [0.5, 0.6) is 0 Å². The van der Waals surface area contributed by atoms with Gasteiger partial charge in [0.15, 0.2) is 6.20 Å². The van der Waals surface area contributed by atoms with E-state index in [0.717, 1.165) is 16.8 Å². The highest BCUT2D eigenvalue weighted by atomic mass is 19.1. The molecule has 2 unspecified atom stereocenters. The number of aliphatic hydroxyl groups is 1. The van der Waals surface area contributed by atoms with Crippen LogP contribution in [0.2, 0.25) is 0 Å². The molecule has 0 saturated carbocycles. The van der Waals surface area contributed by atoms with Gasteiger partial charge in [-0.25, -0.2) is 4.39 Å². The van der Waals surface area contributed by atoms with E-state index in [2.05, 4.69) is 13.8 Å². The molecule has 1 fully saturated rings. The number of halogens is 1. The molecule has 5 rings (SSSR count). The van der Waals surface area contributed by atoms with Crippen molar-refractivity contribution in [2.24, 2.45) is 0 Å². The summed E-state index contributed by atoms with van der Waals surface area (Å²) in [4.78, 5) is 29.3. The zero-order chi connectivity index (χ0) is 23.7. The minimum Gasteiger partial charge on any atom is -0.384 e. The van der Waals surface area contributed by atoms with Crippen molar-refractivity contribution in [1.29, 1.82) is 0 Å². The summed E-state index contributed by atoms with van der Waals surface area (Å²) < 4.78 is 17.1. The third-order valence-electron chi connectivity index (χ3n) is 6.72. The van der Waals surface area contributed by atoms with Gasteiger partial charge in [-0.3, -0.25) is 14.5 Å². The Bertz CT molecular complexity index is 1280. The van der Waals surface area contributed by atoms with Crippen LogP contribution in [-0.4, -0.2) is 62.1 Å². The Hall–Kier alpha value is -3.33. The molecule has 172 valence electrons. The quantitative estimate of drug-likeness (QED) is 0.616. The van der Waals surface area contributed by atoms with Gasteiger partial charge in [0.1, 0.15) is 17.6 Å². The second kappa shape index (κ2) is 7.34. The first-order valence-electron chi connectivity index (χ1n) is 11.2. The molecule has 33 heavy (non-hydrogen) atoms. The summed E-state index contributed by atoms with van der Waals surface area (Å²) in [7, 11) is 0. The molecule has 1 aromatic carbocycles. The van der Waals surface area contributed by atoms with Gasteiger partial charge in [0, 0.05) is 31.1 Å². The lowest BCUT2D eigenvalue weighted by molar-refractivity contribution is -0.749. The van der Waals surface area contributed by atoms with Gasteiger partial charge in [0.25, 0.3) is 5.91 Å². The number of hydrogen-bond acceptors (Lipinski definition) is 4. The number of fused-ring (bicyclic) bond motifs is 5. The van der Waals surface area contributed by atoms with Crippen molar-refractivity contribution in [2.45, 2.75) is 45.4 Å². The minimum absolute atomic E-state index is 0.106. The fourth-order valence-corrected chi connectivity index (χ4v) is 5.06. The number of imidazole rings is 1. The third-order valence-corrected chi connectivity index (χ3v) is 6.72. The van der Waals surface area contributed by atoms with Gasteiger partial charge in [-0.15, -0.1) is 0 Å². The fraction of sp³-hybridized carbons (Fsp3) is 0.417. The fourth-order valence-electron chi connectivity index (χ4n) is 5.06. The predicted octanol–water partition coefficient (Wildman–Crippen LogP) is 1.90. The number of benzene rings is 1. The van der Waals surface area contributed by atoms with Crippen LogP contribution in [0.1, 0.15) is 49.7 Å². The molecule has 2 aliphatic rings. The topological polar surface area (TPSA) is 82.0 Å². The van der Waals surface area contributed by atoms with Crippen molar-refractivity contribution >= 4 is 17.5 Å². The summed E-state index contributed by atoms with van der Waals surface area (Å²) in [6.07, 6.45) is 0.639. The van der Waals surface area contributed by atoms with Crippen LogP contribution >= 0.6 is 0 Å². The van der Waals surface area contributed by atoms with Crippen LogP contribution in [0.25, 0.3) is 16.9 Å². The number of carbonyl (C=O) groups excluding carboxylic acids is 2. The molecule has 4 heterocycles. The SMILES string of the molecule is CC(O)C(=O)N1CCN2C(=O)c3cn4nc(-c5ccc(F)cc5)cc(C(C)C)c4[n+]3C2(C)C1. The van der Waals surface area contributed by atoms with Crippen molar-refractivity contribution in [3.8, 4) is 11.3 Å². The first kappa shape index (κ1) is 21.5. The van der Waals surface area contributed by atoms with Crippen LogP contribution < -0.4 is 4.57 Å². The van der Waals surface area contributed by atoms with Crippen molar-refractivity contribution < 1.29 is 23.7 Å². The van der Waals surface area contributed by atoms with Crippen LogP contribution in [0.3, 0.4) is 0 Å². The Labute approximate surface area is 190 Å². The van der Waals surface area contributed by atoms with E-state index in [1.807, 2.05) is 17.6 Å². The highest BCUT2D eigenvalue weighted by molar-refractivity contribution is 5.93. The molecule has 8 nitrogen and oxygen atoms in total.